The van der Waals surface area contributed by atoms with Gasteiger partial charge >= 0.3 is 0 Å². The van der Waals surface area contributed by atoms with E-state index in [1.807, 2.05) is 37.5 Å². The van der Waals surface area contributed by atoms with Crippen molar-refractivity contribution < 1.29 is 0 Å². The molecule has 1 heterocycles. The van der Waals surface area contributed by atoms with Gasteiger partial charge in [0.25, 0.3) is 0 Å². The van der Waals surface area contributed by atoms with Crippen LogP contribution in [0, 0.1) is 0 Å². The summed E-state index contributed by atoms with van der Waals surface area (Å²) in [6.45, 7) is 1.98. The average molecular weight is 539 g/mol. The Hall–Kier alpha value is -5.47. The Bertz CT molecular complexity index is 2090. The smallest absolute Gasteiger partial charge is 0.0403 e. The van der Waals surface area contributed by atoms with Crippen LogP contribution in [0.3, 0.4) is 0 Å². The number of pyridine rings is 1. The molecule has 0 aliphatic rings. The summed E-state index contributed by atoms with van der Waals surface area (Å²) in [6.07, 6.45) is 9.51. The van der Waals surface area contributed by atoms with E-state index in [9.17, 15) is 0 Å². The lowest BCUT2D eigenvalue weighted by Gasteiger charge is -2.18. The molecule has 0 radical (unpaired) electrons. The third kappa shape index (κ3) is 4.53. The molecule has 1 aromatic heterocycles. The van der Waals surface area contributed by atoms with Crippen LogP contribution in [0.1, 0.15) is 12.5 Å². The summed E-state index contributed by atoms with van der Waals surface area (Å²) in [7, 11) is 0. The Labute approximate surface area is 246 Å². The molecular weight excluding hydrogens is 508 g/mol. The molecule has 0 aliphatic heterocycles. The highest BCUT2D eigenvalue weighted by Crippen LogP contribution is 2.44. The van der Waals surface area contributed by atoms with Crippen molar-refractivity contribution in [2.75, 3.05) is 0 Å². The van der Waals surface area contributed by atoms with Gasteiger partial charge in [0, 0.05) is 29.2 Å². The van der Waals surface area contributed by atoms with Crippen LogP contribution in [0.5, 0.6) is 0 Å². The first-order valence-electron chi connectivity index (χ1n) is 14.3. The predicted molar refractivity (Wildman–Crippen MR) is 180 cm³/mol. The summed E-state index contributed by atoms with van der Waals surface area (Å²) in [4.78, 5) is 4.47. The number of allylic oxidation sites excluding steroid dienone is 3. The van der Waals surface area contributed by atoms with E-state index in [1.165, 1.54) is 54.6 Å². The molecule has 42 heavy (non-hydrogen) atoms. The van der Waals surface area contributed by atoms with E-state index in [1.54, 1.807) is 0 Å². The van der Waals surface area contributed by atoms with Gasteiger partial charge in [0.2, 0.25) is 0 Å². The topological polar surface area (TPSA) is 38.9 Å². The quantitative estimate of drug-likeness (QED) is 0.175. The first kappa shape index (κ1) is 25.5. The Morgan fingerprint density at radius 1 is 0.548 bits per heavy atom. The molecule has 2 nitrogen and oxygen atoms in total. The van der Waals surface area contributed by atoms with Gasteiger partial charge in [0.15, 0.2) is 0 Å². The Balaban J connectivity index is 1.39. The van der Waals surface area contributed by atoms with Gasteiger partial charge in [-0.25, -0.2) is 0 Å². The maximum atomic E-state index is 6.29. The summed E-state index contributed by atoms with van der Waals surface area (Å²) in [5, 5.41) is 7.51. The van der Waals surface area contributed by atoms with Gasteiger partial charge in [-0.2, -0.15) is 0 Å². The molecule has 0 saturated heterocycles. The number of fused-ring (bicyclic) bond motifs is 3. The largest absolute Gasteiger partial charge is 0.398 e. The lowest BCUT2D eigenvalue weighted by molar-refractivity contribution is 1.30. The zero-order valence-electron chi connectivity index (χ0n) is 23.5. The van der Waals surface area contributed by atoms with E-state index in [2.05, 4.69) is 126 Å². The van der Waals surface area contributed by atoms with E-state index in [0.717, 1.165) is 16.7 Å². The number of nitrogens with zero attached hydrogens (tertiary/aromatic N) is 1. The number of hydrogen-bond donors (Lipinski definition) is 1. The van der Waals surface area contributed by atoms with Crippen molar-refractivity contribution in [1.82, 2.24) is 4.98 Å². The molecule has 7 aromatic rings. The van der Waals surface area contributed by atoms with E-state index in [4.69, 9.17) is 5.73 Å². The van der Waals surface area contributed by atoms with Gasteiger partial charge in [-0.1, -0.05) is 121 Å². The standard InChI is InChI=1S/C40H30N2/c1-2-3-16-38(41)33-24-32(25-42-26-33)28-17-20-29(21-18-28)39-34-12-6-8-14-36(34)40(37-15-9-7-13-35(37)39)31-22-19-27-10-4-5-11-30(27)23-31/h2-26H,41H2,1H3/b3-2-,38-16-. The normalized spacial score (nSPS) is 12.1. The summed E-state index contributed by atoms with van der Waals surface area (Å²) in [5.74, 6) is 0. The van der Waals surface area contributed by atoms with Crippen LogP contribution in [0.15, 0.2) is 152 Å². The van der Waals surface area contributed by atoms with Gasteiger partial charge in [-0.05, 0) is 85.3 Å². The summed E-state index contributed by atoms with van der Waals surface area (Å²) < 4.78 is 0. The number of nitrogens with two attached hydrogens (primary N) is 1. The highest BCUT2D eigenvalue weighted by Gasteiger charge is 2.16. The molecule has 2 heteroatoms. The molecule has 0 unspecified atom stereocenters. The monoisotopic (exact) mass is 538 g/mol. The molecule has 0 bridgehead atoms. The maximum absolute atomic E-state index is 6.29. The highest BCUT2D eigenvalue weighted by atomic mass is 14.7. The van der Waals surface area contributed by atoms with Crippen LogP contribution in [-0.2, 0) is 0 Å². The molecule has 0 amide bonds. The van der Waals surface area contributed by atoms with Crippen LogP contribution in [0.25, 0.3) is 71.4 Å². The van der Waals surface area contributed by atoms with Crippen LogP contribution in [0.2, 0.25) is 0 Å². The van der Waals surface area contributed by atoms with Crippen LogP contribution in [0.4, 0.5) is 0 Å². The second-order valence-corrected chi connectivity index (χ2v) is 10.6. The Morgan fingerprint density at radius 3 is 1.74 bits per heavy atom. The molecule has 0 aliphatic carbocycles. The molecule has 0 atom stereocenters. The number of aromatic nitrogens is 1. The van der Waals surface area contributed by atoms with Crippen molar-refractivity contribution in [3.63, 3.8) is 0 Å². The van der Waals surface area contributed by atoms with Crippen molar-refractivity contribution in [3.05, 3.63) is 158 Å². The molecule has 0 fully saturated rings. The van der Waals surface area contributed by atoms with E-state index in [0.29, 0.717) is 5.70 Å². The van der Waals surface area contributed by atoms with Gasteiger partial charge < -0.3 is 5.73 Å². The van der Waals surface area contributed by atoms with Crippen LogP contribution < -0.4 is 5.73 Å². The predicted octanol–water partition coefficient (Wildman–Crippen LogP) is 10.4. The first-order chi connectivity index (χ1) is 20.7. The molecule has 0 spiro atoms. The molecule has 200 valence electrons. The van der Waals surface area contributed by atoms with Crippen molar-refractivity contribution in [1.29, 1.82) is 0 Å². The summed E-state index contributed by atoms with van der Waals surface area (Å²) >= 11 is 0. The van der Waals surface area contributed by atoms with Gasteiger partial charge in [0.05, 0.1) is 0 Å². The van der Waals surface area contributed by atoms with Crippen molar-refractivity contribution in [2.45, 2.75) is 6.92 Å². The molecule has 6 aromatic carbocycles. The summed E-state index contributed by atoms with van der Waals surface area (Å²) in [5.41, 5.74) is 15.0. The zero-order chi connectivity index (χ0) is 28.5. The Kier molecular flexibility index (Phi) is 6.58. The van der Waals surface area contributed by atoms with E-state index >= 15 is 0 Å². The van der Waals surface area contributed by atoms with Gasteiger partial charge in [-0.3, -0.25) is 4.98 Å². The third-order valence-electron chi connectivity index (χ3n) is 8.02. The van der Waals surface area contributed by atoms with Crippen LogP contribution in [-0.4, -0.2) is 4.98 Å². The minimum Gasteiger partial charge on any atom is -0.398 e. The third-order valence-corrected chi connectivity index (χ3v) is 8.02. The van der Waals surface area contributed by atoms with E-state index < -0.39 is 0 Å². The number of rotatable bonds is 5. The minimum atomic E-state index is 0.698. The SMILES string of the molecule is C/C=C\C=C(/N)c1cncc(-c2ccc(-c3c4ccccc4c(-c4ccc5ccccc5c4)c4ccccc34)cc2)c1. The fourth-order valence-corrected chi connectivity index (χ4v) is 5.98. The van der Waals surface area contributed by atoms with E-state index in [-0.39, 0.29) is 0 Å². The molecular formula is C40H30N2. The second kappa shape index (κ2) is 10.8. The summed E-state index contributed by atoms with van der Waals surface area (Å²) in [6, 6.07) is 43.9. The molecule has 7 rings (SSSR count). The van der Waals surface area contributed by atoms with Crippen molar-refractivity contribution >= 4 is 38.0 Å². The average Bonchev–Trinajstić information content (AvgIpc) is 3.06. The second-order valence-electron chi connectivity index (χ2n) is 10.6. The number of hydrogen-bond acceptors (Lipinski definition) is 2. The molecule has 2 N–H and O–H groups in total. The first-order valence-corrected chi connectivity index (χ1v) is 14.3. The minimum absolute atomic E-state index is 0.698. The lowest BCUT2D eigenvalue weighted by atomic mass is 9.85. The van der Waals surface area contributed by atoms with Crippen LogP contribution >= 0.6 is 0 Å². The molecule has 0 saturated carbocycles. The van der Waals surface area contributed by atoms with Crippen molar-refractivity contribution in [3.8, 4) is 33.4 Å². The fourth-order valence-electron chi connectivity index (χ4n) is 5.98. The zero-order valence-corrected chi connectivity index (χ0v) is 23.5. The lowest BCUT2D eigenvalue weighted by Crippen LogP contribution is -1.97. The number of benzene rings is 6. The van der Waals surface area contributed by atoms with Gasteiger partial charge in [-0.15, -0.1) is 0 Å². The highest BCUT2D eigenvalue weighted by molar-refractivity contribution is 6.21. The maximum Gasteiger partial charge on any atom is 0.0403 e. The van der Waals surface area contributed by atoms with Gasteiger partial charge in [0.1, 0.15) is 0 Å². The Morgan fingerprint density at radius 2 is 1.10 bits per heavy atom. The fraction of sp³-hybridized carbons (Fsp3) is 0.0250. The van der Waals surface area contributed by atoms with Crippen molar-refractivity contribution in [2.24, 2.45) is 5.73 Å².